The van der Waals surface area contributed by atoms with Crippen molar-refractivity contribution in [2.24, 2.45) is 0 Å². The third-order valence-corrected chi connectivity index (χ3v) is 5.86. The average molecular weight is 379 g/mol. The molecule has 0 spiro atoms. The van der Waals surface area contributed by atoms with Crippen molar-refractivity contribution in [2.75, 3.05) is 13.1 Å². The molecule has 0 bridgehead atoms. The Labute approximate surface area is 162 Å². The van der Waals surface area contributed by atoms with Gasteiger partial charge in [0.15, 0.2) is 0 Å². The highest BCUT2D eigenvalue weighted by atomic mass is 32.2. The summed E-state index contributed by atoms with van der Waals surface area (Å²) in [5.74, 6) is 0.127. The van der Waals surface area contributed by atoms with E-state index in [1.54, 1.807) is 4.68 Å². The van der Waals surface area contributed by atoms with Gasteiger partial charge in [-0.05, 0) is 47.9 Å². The standard InChI is InChI=1S/C20H21N5OS/c1-15-9-11-17(12-10-15)25-20(21-22-23-25)27-18(16-7-3-2-4-8-16)19(26)24-13-5-6-14-24/h2-4,7-12,18H,5-6,13-14H2,1H3/t18-/m1/s1. The molecule has 1 aromatic heterocycles. The van der Waals surface area contributed by atoms with E-state index in [1.165, 1.54) is 17.3 Å². The van der Waals surface area contributed by atoms with Gasteiger partial charge in [-0.2, -0.15) is 4.68 Å². The average Bonchev–Trinajstić information content (AvgIpc) is 3.39. The van der Waals surface area contributed by atoms with Crippen molar-refractivity contribution < 1.29 is 4.79 Å². The van der Waals surface area contributed by atoms with Crippen LogP contribution in [0, 0.1) is 6.92 Å². The fraction of sp³-hybridized carbons (Fsp3) is 0.300. The lowest BCUT2D eigenvalue weighted by atomic mass is 10.1. The molecular weight excluding hydrogens is 358 g/mol. The van der Waals surface area contributed by atoms with E-state index in [2.05, 4.69) is 15.5 Å². The topological polar surface area (TPSA) is 63.9 Å². The summed E-state index contributed by atoms with van der Waals surface area (Å²) in [5.41, 5.74) is 3.03. The molecule has 1 saturated heterocycles. The van der Waals surface area contributed by atoms with E-state index >= 15 is 0 Å². The molecular formula is C20H21N5OS. The number of carbonyl (C=O) groups excluding carboxylic acids is 1. The number of carbonyl (C=O) groups is 1. The minimum absolute atomic E-state index is 0.127. The highest BCUT2D eigenvalue weighted by Crippen LogP contribution is 2.36. The maximum Gasteiger partial charge on any atom is 0.240 e. The minimum atomic E-state index is -0.362. The van der Waals surface area contributed by atoms with Crippen LogP contribution in [0.4, 0.5) is 0 Å². The summed E-state index contributed by atoms with van der Waals surface area (Å²) in [6.07, 6.45) is 2.14. The van der Waals surface area contributed by atoms with E-state index in [1.807, 2.05) is 66.4 Å². The summed E-state index contributed by atoms with van der Waals surface area (Å²) in [6, 6.07) is 17.9. The van der Waals surface area contributed by atoms with Gasteiger partial charge in [0.25, 0.3) is 0 Å². The molecule has 1 aliphatic heterocycles. The number of thioether (sulfide) groups is 1. The van der Waals surface area contributed by atoms with Gasteiger partial charge in [-0.15, -0.1) is 5.10 Å². The monoisotopic (exact) mass is 379 g/mol. The zero-order valence-electron chi connectivity index (χ0n) is 15.2. The third-order valence-electron chi connectivity index (χ3n) is 4.69. The molecule has 1 amide bonds. The SMILES string of the molecule is Cc1ccc(-n2nnnc2S[C@@H](C(=O)N2CCCC2)c2ccccc2)cc1. The number of likely N-dealkylation sites (tertiary alicyclic amines) is 1. The summed E-state index contributed by atoms with van der Waals surface area (Å²) in [4.78, 5) is 15.1. The van der Waals surface area contributed by atoms with Crippen LogP contribution in [-0.4, -0.2) is 44.1 Å². The summed E-state index contributed by atoms with van der Waals surface area (Å²) in [6.45, 7) is 3.69. The lowest BCUT2D eigenvalue weighted by molar-refractivity contribution is -0.129. The molecule has 3 aromatic rings. The fourth-order valence-electron chi connectivity index (χ4n) is 3.20. The normalized spacial score (nSPS) is 15.1. The van der Waals surface area contributed by atoms with Crippen molar-refractivity contribution in [1.82, 2.24) is 25.1 Å². The van der Waals surface area contributed by atoms with Gasteiger partial charge in [0.2, 0.25) is 11.1 Å². The zero-order valence-corrected chi connectivity index (χ0v) is 16.0. The number of tetrazole rings is 1. The number of hydrogen-bond donors (Lipinski definition) is 0. The van der Waals surface area contributed by atoms with E-state index in [9.17, 15) is 4.79 Å². The molecule has 4 rings (SSSR count). The van der Waals surface area contributed by atoms with Crippen molar-refractivity contribution >= 4 is 17.7 Å². The first-order valence-corrected chi connectivity index (χ1v) is 9.96. The number of aromatic nitrogens is 4. The molecule has 1 fully saturated rings. The van der Waals surface area contributed by atoms with Crippen molar-refractivity contribution in [3.63, 3.8) is 0 Å². The lowest BCUT2D eigenvalue weighted by Gasteiger charge is -2.22. The summed E-state index contributed by atoms with van der Waals surface area (Å²) < 4.78 is 1.69. The fourth-order valence-corrected chi connectivity index (χ4v) is 4.28. The number of nitrogens with zero attached hydrogens (tertiary/aromatic N) is 5. The first kappa shape index (κ1) is 17.7. The molecule has 0 unspecified atom stereocenters. The number of benzene rings is 2. The van der Waals surface area contributed by atoms with E-state index in [0.29, 0.717) is 5.16 Å². The summed E-state index contributed by atoms with van der Waals surface area (Å²) in [7, 11) is 0. The van der Waals surface area contributed by atoms with Crippen LogP contribution in [-0.2, 0) is 4.79 Å². The van der Waals surface area contributed by atoms with Gasteiger partial charge in [0.05, 0.1) is 5.69 Å². The molecule has 138 valence electrons. The molecule has 1 aliphatic rings. The smallest absolute Gasteiger partial charge is 0.240 e. The van der Waals surface area contributed by atoms with Crippen LogP contribution in [0.1, 0.15) is 29.2 Å². The van der Waals surface area contributed by atoms with Crippen LogP contribution in [0.5, 0.6) is 0 Å². The molecule has 2 aromatic carbocycles. The first-order chi connectivity index (χ1) is 13.2. The quantitative estimate of drug-likeness (QED) is 0.636. The molecule has 2 heterocycles. The van der Waals surface area contributed by atoms with Crippen LogP contribution in [0.3, 0.4) is 0 Å². The van der Waals surface area contributed by atoms with Crippen molar-refractivity contribution in [1.29, 1.82) is 0 Å². The Hall–Kier alpha value is -2.67. The summed E-state index contributed by atoms with van der Waals surface area (Å²) in [5, 5.41) is 12.4. The number of rotatable bonds is 5. The molecule has 6 nitrogen and oxygen atoms in total. The number of hydrogen-bond acceptors (Lipinski definition) is 5. The van der Waals surface area contributed by atoms with E-state index < -0.39 is 0 Å². The maximum atomic E-state index is 13.2. The van der Waals surface area contributed by atoms with Gasteiger partial charge in [-0.1, -0.05) is 59.8 Å². The van der Waals surface area contributed by atoms with Crippen molar-refractivity contribution in [3.05, 3.63) is 65.7 Å². The molecule has 0 aliphatic carbocycles. The number of amides is 1. The molecule has 1 atom stereocenters. The second-order valence-electron chi connectivity index (χ2n) is 6.65. The Kier molecular flexibility index (Phi) is 5.20. The van der Waals surface area contributed by atoms with Crippen molar-refractivity contribution in [2.45, 2.75) is 30.2 Å². The molecule has 0 saturated carbocycles. The predicted molar refractivity (Wildman–Crippen MR) is 105 cm³/mol. The first-order valence-electron chi connectivity index (χ1n) is 9.08. The minimum Gasteiger partial charge on any atom is -0.341 e. The van der Waals surface area contributed by atoms with E-state index in [0.717, 1.165) is 37.2 Å². The zero-order chi connectivity index (χ0) is 18.6. The Balaban J connectivity index is 1.65. The third kappa shape index (κ3) is 3.88. The Morgan fingerprint density at radius 3 is 2.44 bits per heavy atom. The van der Waals surface area contributed by atoms with Crippen LogP contribution in [0.15, 0.2) is 59.8 Å². The Morgan fingerprint density at radius 1 is 1.04 bits per heavy atom. The van der Waals surface area contributed by atoms with E-state index in [4.69, 9.17) is 0 Å². The van der Waals surface area contributed by atoms with Crippen LogP contribution >= 0.6 is 11.8 Å². The molecule has 0 radical (unpaired) electrons. The maximum absolute atomic E-state index is 13.2. The van der Waals surface area contributed by atoms with Crippen LogP contribution in [0.25, 0.3) is 5.69 Å². The highest BCUT2D eigenvalue weighted by molar-refractivity contribution is 8.00. The highest BCUT2D eigenvalue weighted by Gasteiger charge is 2.30. The second-order valence-corrected chi connectivity index (χ2v) is 7.72. The van der Waals surface area contributed by atoms with Gasteiger partial charge >= 0.3 is 0 Å². The Morgan fingerprint density at radius 2 is 1.74 bits per heavy atom. The number of aryl methyl sites for hydroxylation is 1. The van der Waals surface area contributed by atoms with Crippen LogP contribution in [0.2, 0.25) is 0 Å². The molecule has 7 heteroatoms. The van der Waals surface area contributed by atoms with Gasteiger partial charge in [0.1, 0.15) is 5.25 Å². The van der Waals surface area contributed by atoms with Gasteiger partial charge in [-0.25, -0.2) is 0 Å². The second kappa shape index (κ2) is 7.92. The lowest BCUT2D eigenvalue weighted by Crippen LogP contribution is -2.31. The summed E-state index contributed by atoms with van der Waals surface area (Å²) >= 11 is 1.40. The molecule has 27 heavy (non-hydrogen) atoms. The van der Waals surface area contributed by atoms with Crippen molar-refractivity contribution in [3.8, 4) is 5.69 Å². The van der Waals surface area contributed by atoms with Gasteiger partial charge in [0, 0.05) is 13.1 Å². The largest absolute Gasteiger partial charge is 0.341 e. The van der Waals surface area contributed by atoms with E-state index in [-0.39, 0.29) is 11.2 Å². The van der Waals surface area contributed by atoms with Crippen LogP contribution < -0.4 is 0 Å². The predicted octanol–water partition coefficient (Wildman–Crippen LogP) is 3.43. The molecule has 0 N–H and O–H groups in total. The van der Waals surface area contributed by atoms with Gasteiger partial charge in [-0.3, -0.25) is 4.79 Å². The Bertz CT molecular complexity index is 904. The van der Waals surface area contributed by atoms with Gasteiger partial charge < -0.3 is 4.90 Å².